The van der Waals surface area contributed by atoms with Gasteiger partial charge in [0, 0.05) is 24.3 Å². The van der Waals surface area contributed by atoms with Crippen LogP contribution < -0.4 is 21.4 Å². The SMILES string of the molecule is COCCOc1c(-c2c(C#N)cccc2CO)cc(C(=O)Nc2nnc(-n3nccc3N)s2)oc1=O. The summed E-state index contributed by atoms with van der Waals surface area (Å²) in [5.74, 6) is -1.07. The van der Waals surface area contributed by atoms with Crippen LogP contribution >= 0.6 is 11.3 Å². The van der Waals surface area contributed by atoms with Crippen molar-refractivity contribution in [1.29, 1.82) is 5.26 Å². The summed E-state index contributed by atoms with van der Waals surface area (Å²) in [5.41, 5.74) is 5.73. The molecule has 4 rings (SSSR count). The summed E-state index contributed by atoms with van der Waals surface area (Å²) in [5, 5.41) is 34.3. The predicted molar refractivity (Wildman–Crippen MR) is 128 cm³/mol. The molecule has 4 aromatic rings. The Morgan fingerprint density at radius 1 is 1.33 bits per heavy atom. The van der Waals surface area contributed by atoms with Gasteiger partial charge in [0.15, 0.2) is 5.76 Å². The van der Waals surface area contributed by atoms with E-state index in [0.29, 0.717) is 16.5 Å². The lowest BCUT2D eigenvalue weighted by molar-refractivity contribution is 0.0990. The molecule has 0 radical (unpaired) electrons. The molecule has 0 aliphatic carbocycles. The van der Waals surface area contributed by atoms with Crippen molar-refractivity contribution in [2.24, 2.45) is 0 Å². The number of benzene rings is 1. The maximum Gasteiger partial charge on any atom is 0.379 e. The standard InChI is InChI=1S/C22H19N7O6S/c1-33-7-8-34-18-14(17-12(10-23)3-2-4-13(17)11-30)9-15(35-20(18)32)19(31)26-21-27-28-22(36-21)29-16(24)5-6-25-29/h2-6,9,30H,7-8,11,24H2,1H3,(H,26,27,31). The lowest BCUT2D eigenvalue weighted by atomic mass is 9.94. The van der Waals surface area contributed by atoms with Gasteiger partial charge in [0.25, 0.3) is 5.91 Å². The molecule has 36 heavy (non-hydrogen) atoms. The molecule has 0 atom stereocenters. The molecule has 0 aliphatic heterocycles. The van der Waals surface area contributed by atoms with E-state index in [1.807, 2.05) is 6.07 Å². The van der Waals surface area contributed by atoms with Crippen LogP contribution in [0.25, 0.3) is 16.3 Å². The van der Waals surface area contributed by atoms with E-state index in [0.717, 1.165) is 11.3 Å². The number of carbonyl (C=O) groups excluding carboxylic acids is 1. The van der Waals surface area contributed by atoms with E-state index < -0.39 is 18.1 Å². The third-order valence-electron chi connectivity index (χ3n) is 4.86. The second-order valence-electron chi connectivity index (χ2n) is 7.10. The number of anilines is 2. The quantitative estimate of drug-likeness (QED) is 0.277. The Hall–Kier alpha value is -4.58. The number of aliphatic hydroxyl groups is 1. The molecule has 3 aromatic heterocycles. The molecule has 0 bridgehead atoms. The third kappa shape index (κ3) is 4.93. The van der Waals surface area contributed by atoms with Crippen LogP contribution in [0.4, 0.5) is 10.9 Å². The molecule has 184 valence electrons. The second-order valence-corrected chi connectivity index (χ2v) is 8.06. The topological polar surface area (TPSA) is 191 Å². The minimum Gasteiger partial charge on any atom is -0.484 e. The zero-order chi connectivity index (χ0) is 25.7. The second kappa shape index (κ2) is 10.8. The van der Waals surface area contributed by atoms with Crippen LogP contribution in [-0.2, 0) is 11.3 Å². The number of methoxy groups -OCH3 is 1. The molecule has 14 heteroatoms. The normalized spacial score (nSPS) is 10.7. The van der Waals surface area contributed by atoms with Gasteiger partial charge in [-0.1, -0.05) is 23.5 Å². The van der Waals surface area contributed by atoms with E-state index in [9.17, 15) is 20.0 Å². The molecule has 0 aliphatic rings. The van der Waals surface area contributed by atoms with Crippen molar-refractivity contribution in [3.63, 3.8) is 0 Å². The molecule has 1 aromatic carbocycles. The number of nitrogens with one attached hydrogen (secondary N) is 1. The van der Waals surface area contributed by atoms with Crippen molar-refractivity contribution >= 4 is 28.2 Å². The largest absolute Gasteiger partial charge is 0.484 e. The summed E-state index contributed by atoms with van der Waals surface area (Å²) in [6, 6.07) is 9.58. The highest BCUT2D eigenvalue weighted by Crippen LogP contribution is 2.34. The van der Waals surface area contributed by atoms with Crippen molar-refractivity contribution < 1.29 is 23.8 Å². The molecule has 0 saturated carbocycles. The number of hydrogen-bond acceptors (Lipinski definition) is 12. The fourth-order valence-electron chi connectivity index (χ4n) is 3.27. The number of hydrogen-bond donors (Lipinski definition) is 3. The minimum atomic E-state index is -0.951. The van der Waals surface area contributed by atoms with E-state index >= 15 is 0 Å². The van der Waals surface area contributed by atoms with Gasteiger partial charge in [-0.05, 0) is 17.7 Å². The number of ether oxygens (including phenoxy) is 2. The Bertz CT molecular complexity index is 1500. The van der Waals surface area contributed by atoms with Crippen LogP contribution in [0.3, 0.4) is 0 Å². The van der Waals surface area contributed by atoms with E-state index in [2.05, 4.69) is 20.6 Å². The minimum absolute atomic E-state index is 0.00705. The van der Waals surface area contributed by atoms with E-state index in [-0.39, 0.29) is 46.5 Å². The molecular weight excluding hydrogens is 490 g/mol. The van der Waals surface area contributed by atoms with E-state index in [4.69, 9.17) is 19.6 Å². The smallest absolute Gasteiger partial charge is 0.379 e. The lowest BCUT2D eigenvalue weighted by Gasteiger charge is -2.15. The average Bonchev–Trinajstić information content (AvgIpc) is 3.52. The number of aliphatic hydroxyl groups excluding tert-OH is 1. The number of nitrogens with zero attached hydrogens (tertiary/aromatic N) is 5. The van der Waals surface area contributed by atoms with Gasteiger partial charge in [-0.15, -0.1) is 10.2 Å². The van der Waals surface area contributed by atoms with Crippen molar-refractivity contribution in [3.05, 3.63) is 63.8 Å². The van der Waals surface area contributed by atoms with Crippen LogP contribution in [0.2, 0.25) is 0 Å². The maximum atomic E-state index is 13.0. The number of amides is 1. The van der Waals surface area contributed by atoms with E-state index in [1.165, 1.54) is 30.1 Å². The van der Waals surface area contributed by atoms with Crippen molar-refractivity contribution in [2.45, 2.75) is 6.61 Å². The molecule has 0 saturated heterocycles. The average molecular weight is 510 g/mol. The summed E-state index contributed by atoms with van der Waals surface area (Å²) in [4.78, 5) is 25.8. The first-order valence-corrected chi connectivity index (χ1v) is 11.2. The molecule has 0 unspecified atom stereocenters. The first kappa shape index (κ1) is 24.5. The van der Waals surface area contributed by atoms with E-state index in [1.54, 1.807) is 18.2 Å². The number of nitriles is 1. The number of nitrogen functional groups attached to an aromatic ring is 1. The molecule has 13 nitrogen and oxygen atoms in total. The molecule has 3 heterocycles. The van der Waals surface area contributed by atoms with Gasteiger partial charge in [-0.2, -0.15) is 15.0 Å². The fourth-order valence-corrected chi connectivity index (χ4v) is 3.99. The first-order chi connectivity index (χ1) is 17.5. The van der Waals surface area contributed by atoms with Crippen molar-refractivity contribution in [1.82, 2.24) is 20.0 Å². The first-order valence-electron chi connectivity index (χ1n) is 10.3. The predicted octanol–water partition coefficient (Wildman–Crippen LogP) is 1.57. The zero-order valence-corrected chi connectivity index (χ0v) is 19.6. The van der Waals surface area contributed by atoms with Crippen LogP contribution in [0.1, 0.15) is 21.7 Å². The summed E-state index contributed by atoms with van der Waals surface area (Å²) in [6.45, 7) is -0.241. The summed E-state index contributed by atoms with van der Waals surface area (Å²) >= 11 is 0.993. The Labute approximate surface area is 207 Å². The molecule has 1 amide bonds. The zero-order valence-electron chi connectivity index (χ0n) is 18.8. The Balaban J connectivity index is 1.74. The van der Waals surface area contributed by atoms with Gasteiger partial charge in [0.05, 0.1) is 31.0 Å². The van der Waals surface area contributed by atoms with Gasteiger partial charge < -0.3 is 24.7 Å². The maximum absolute atomic E-state index is 13.0. The van der Waals surface area contributed by atoms with Crippen LogP contribution in [0.15, 0.2) is 45.7 Å². The molecular formula is C22H19N7O6S. The highest BCUT2D eigenvalue weighted by atomic mass is 32.1. The van der Waals surface area contributed by atoms with Gasteiger partial charge in [0.1, 0.15) is 12.4 Å². The van der Waals surface area contributed by atoms with Gasteiger partial charge >= 0.3 is 5.63 Å². The summed E-state index contributed by atoms with van der Waals surface area (Å²) < 4.78 is 17.1. The van der Waals surface area contributed by atoms with Crippen molar-refractivity contribution in [3.8, 4) is 28.1 Å². The number of nitrogens with two attached hydrogens (primary N) is 1. The molecule has 0 fully saturated rings. The van der Waals surface area contributed by atoms with Gasteiger partial charge in [-0.3, -0.25) is 10.1 Å². The fraction of sp³-hybridized carbons (Fsp3) is 0.182. The number of aromatic nitrogens is 4. The Morgan fingerprint density at radius 3 is 2.86 bits per heavy atom. The summed E-state index contributed by atoms with van der Waals surface area (Å²) in [7, 11) is 1.47. The highest BCUT2D eigenvalue weighted by molar-refractivity contribution is 7.17. The number of rotatable bonds is 9. The van der Waals surface area contributed by atoms with Crippen molar-refractivity contribution in [2.75, 3.05) is 31.4 Å². The third-order valence-corrected chi connectivity index (χ3v) is 5.68. The lowest BCUT2D eigenvalue weighted by Crippen LogP contribution is -2.18. The number of carbonyl (C=O) groups is 1. The Kier molecular flexibility index (Phi) is 7.35. The van der Waals surface area contributed by atoms with Crippen LogP contribution in [0, 0.1) is 11.3 Å². The monoisotopic (exact) mass is 509 g/mol. The molecule has 0 spiro atoms. The van der Waals surface area contributed by atoms with Gasteiger partial charge in [0.2, 0.25) is 16.0 Å². The Morgan fingerprint density at radius 2 is 2.17 bits per heavy atom. The summed E-state index contributed by atoms with van der Waals surface area (Å²) in [6.07, 6.45) is 1.49. The highest BCUT2D eigenvalue weighted by Gasteiger charge is 2.23. The molecule has 4 N–H and O–H groups in total. The van der Waals surface area contributed by atoms with Gasteiger partial charge in [-0.25, -0.2) is 4.79 Å². The van der Waals surface area contributed by atoms with Crippen LogP contribution in [0.5, 0.6) is 5.75 Å². The van der Waals surface area contributed by atoms with Crippen LogP contribution in [-0.4, -0.2) is 51.3 Å².